The van der Waals surface area contributed by atoms with Crippen LogP contribution in [-0.4, -0.2) is 31.9 Å². The summed E-state index contributed by atoms with van der Waals surface area (Å²) in [4.78, 5) is 4.27. The van der Waals surface area contributed by atoms with E-state index in [1.54, 1.807) is 7.11 Å². The van der Waals surface area contributed by atoms with Gasteiger partial charge in [0.05, 0.1) is 6.61 Å². The van der Waals surface area contributed by atoms with E-state index in [2.05, 4.69) is 24.1 Å². The highest BCUT2D eigenvalue weighted by Gasteiger charge is 1.98. The Morgan fingerprint density at radius 2 is 2.11 bits per heavy atom. The molecular weight excluding hydrogens is 228 g/mol. The first kappa shape index (κ1) is 14.9. The van der Waals surface area contributed by atoms with Gasteiger partial charge in [0.25, 0.3) is 0 Å². The molecule has 1 N–H and O–H groups in total. The molecule has 0 aliphatic rings. The average molecular weight is 252 g/mol. The lowest BCUT2D eigenvalue weighted by molar-refractivity contribution is 0.170. The summed E-state index contributed by atoms with van der Waals surface area (Å²) in [6.45, 7) is 7.64. The summed E-state index contributed by atoms with van der Waals surface area (Å²) in [6, 6.07) is 3.96. The first-order valence-electron chi connectivity index (χ1n) is 6.49. The fraction of sp³-hybridized carbons (Fsp3) is 0.643. The fourth-order valence-corrected chi connectivity index (χ4v) is 1.49. The number of ether oxygens (including phenoxy) is 2. The number of pyridine rings is 1. The lowest BCUT2D eigenvalue weighted by atomic mass is 10.2. The van der Waals surface area contributed by atoms with Gasteiger partial charge in [-0.1, -0.05) is 19.9 Å². The van der Waals surface area contributed by atoms with Gasteiger partial charge in [0.2, 0.25) is 5.88 Å². The van der Waals surface area contributed by atoms with Crippen LogP contribution in [0.1, 0.15) is 25.8 Å². The van der Waals surface area contributed by atoms with Crippen LogP contribution in [0.2, 0.25) is 0 Å². The molecular formula is C14H24N2O2. The molecule has 4 nitrogen and oxygen atoms in total. The number of methoxy groups -OCH3 is 1. The minimum absolute atomic E-state index is 0.645. The molecule has 0 aliphatic carbocycles. The molecule has 102 valence electrons. The van der Waals surface area contributed by atoms with E-state index in [0.29, 0.717) is 18.4 Å². The quantitative estimate of drug-likeness (QED) is 0.685. The zero-order valence-corrected chi connectivity index (χ0v) is 11.6. The molecule has 18 heavy (non-hydrogen) atoms. The lowest BCUT2D eigenvalue weighted by Gasteiger charge is -2.08. The average Bonchev–Trinajstić information content (AvgIpc) is 2.36. The SMILES string of the molecule is COCCCOc1ccc(CNCC(C)C)cn1. The molecule has 0 aromatic carbocycles. The summed E-state index contributed by atoms with van der Waals surface area (Å²) >= 11 is 0. The van der Waals surface area contributed by atoms with Crippen LogP contribution in [0.3, 0.4) is 0 Å². The van der Waals surface area contributed by atoms with Gasteiger partial charge in [0, 0.05) is 38.9 Å². The van der Waals surface area contributed by atoms with E-state index in [9.17, 15) is 0 Å². The molecule has 1 rings (SSSR count). The van der Waals surface area contributed by atoms with E-state index in [0.717, 1.165) is 26.1 Å². The Hall–Kier alpha value is -1.13. The second-order valence-corrected chi connectivity index (χ2v) is 4.72. The van der Waals surface area contributed by atoms with Gasteiger partial charge in [-0.25, -0.2) is 4.98 Å². The van der Waals surface area contributed by atoms with Gasteiger partial charge in [0.1, 0.15) is 0 Å². The summed E-state index contributed by atoms with van der Waals surface area (Å²) in [5.41, 5.74) is 1.18. The van der Waals surface area contributed by atoms with Crippen LogP contribution in [0.25, 0.3) is 0 Å². The standard InChI is InChI=1S/C14H24N2O2/c1-12(2)9-15-10-13-5-6-14(16-11-13)18-8-4-7-17-3/h5-6,11-12,15H,4,7-10H2,1-3H3. The minimum atomic E-state index is 0.645. The third-order valence-corrected chi connectivity index (χ3v) is 2.42. The normalized spacial score (nSPS) is 10.9. The Morgan fingerprint density at radius 3 is 2.72 bits per heavy atom. The maximum Gasteiger partial charge on any atom is 0.213 e. The number of rotatable bonds is 9. The van der Waals surface area contributed by atoms with Gasteiger partial charge in [-0.3, -0.25) is 0 Å². The van der Waals surface area contributed by atoms with Crippen LogP contribution >= 0.6 is 0 Å². The maximum atomic E-state index is 5.49. The Kier molecular flexibility index (Phi) is 7.37. The van der Waals surface area contributed by atoms with Crippen molar-refractivity contribution in [3.63, 3.8) is 0 Å². The van der Waals surface area contributed by atoms with Crippen LogP contribution in [-0.2, 0) is 11.3 Å². The van der Waals surface area contributed by atoms with Gasteiger partial charge in [-0.05, 0) is 18.0 Å². The molecule has 0 spiro atoms. The van der Waals surface area contributed by atoms with Gasteiger partial charge >= 0.3 is 0 Å². The molecule has 0 aliphatic heterocycles. The highest BCUT2D eigenvalue weighted by molar-refractivity contribution is 5.17. The van der Waals surface area contributed by atoms with E-state index in [1.165, 1.54) is 5.56 Å². The predicted octanol–water partition coefficient (Wildman–Crippen LogP) is 2.24. The number of hydrogen-bond acceptors (Lipinski definition) is 4. The van der Waals surface area contributed by atoms with Crippen LogP contribution in [0.4, 0.5) is 0 Å². The second kappa shape index (κ2) is 8.89. The molecule has 0 saturated carbocycles. The van der Waals surface area contributed by atoms with Crippen molar-refractivity contribution >= 4 is 0 Å². The van der Waals surface area contributed by atoms with Crippen molar-refractivity contribution in [2.45, 2.75) is 26.8 Å². The third-order valence-electron chi connectivity index (χ3n) is 2.42. The topological polar surface area (TPSA) is 43.4 Å². The minimum Gasteiger partial charge on any atom is -0.478 e. The lowest BCUT2D eigenvalue weighted by Crippen LogP contribution is -2.19. The largest absolute Gasteiger partial charge is 0.478 e. The zero-order valence-electron chi connectivity index (χ0n) is 11.6. The van der Waals surface area contributed by atoms with Gasteiger partial charge < -0.3 is 14.8 Å². The van der Waals surface area contributed by atoms with Gasteiger partial charge in [0.15, 0.2) is 0 Å². The summed E-state index contributed by atoms with van der Waals surface area (Å²) < 4.78 is 10.4. The molecule has 0 amide bonds. The van der Waals surface area contributed by atoms with Crippen molar-refractivity contribution in [1.29, 1.82) is 0 Å². The third kappa shape index (κ3) is 6.57. The monoisotopic (exact) mass is 252 g/mol. The summed E-state index contributed by atoms with van der Waals surface area (Å²) in [5.74, 6) is 1.35. The number of nitrogens with one attached hydrogen (secondary N) is 1. The van der Waals surface area contributed by atoms with Crippen molar-refractivity contribution in [3.05, 3.63) is 23.9 Å². The van der Waals surface area contributed by atoms with Crippen LogP contribution in [0.5, 0.6) is 5.88 Å². The van der Waals surface area contributed by atoms with Crippen molar-refractivity contribution in [1.82, 2.24) is 10.3 Å². The molecule has 4 heteroatoms. The molecule has 0 radical (unpaired) electrons. The Morgan fingerprint density at radius 1 is 1.28 bits per heavy atom. The number of hydrogen-bond donors (Lipinski definition) is 1. The molecule has 0 saturated heterocycles. The Labute approximate surface area is 110 Å². The highest BCUT2D eigenvalue weighted by Crippen LogP contribution is 2.07. The first-order chi connectivity index (χ1) is 8.72. The van der Waals surface area contributed by atoms with Crippen LogP contribution in [0.15, 0.2) is 18.3 Å². The van der Waals surface area contributed by atoms with E-state index in [4.69, 9.17) is 9.47 Å². The maximum absolute atomic E-state index is 5.49. The van der Waals surface area contributed by atoms with E-state index >= 15 is 0 Å². The summed E-state index contributed by atoms with van der Waals surface area (Å²) in [6.07, 6.45) is 2.74. The summed E-state index contributed by atoms with van der Waals surface area (Å²) in [7, 11) is 1.69. The summed E-state index contributed by atoms with van der Waals surface area (Å²) in [5, 5.41) is 3.38. The molecule has 0 unspecified atom stereocenters. The highest BCUT2D eigenvalue weighted by atomic mass is 16.5. The predicted molar refractivity (Wildman–Crippen MR) is 72.8 cm³/mol. The molecule has 0 fully saturated rings. The van der Waals surface area contributed by atoms with E-state index in [1.807, 2.05) is 18.3 Å². The van der Waals surface area contributed by atoms with Crippen LogP contribution in [0, 0.1) is 5.92 Å². The second-order valence-electron chi connectivity index (χ2n) is 4.72. The van der Waals surface area contributed by atoms with Crippen LogP contribution < -0.4 is 10.1 Å². The Balaban J connectivity index is 2.24. The first-order valence-corrected chi connectivity index (χ1v) is 6.49. The molecule has 1 aromatic heterocycles. The number of nitrogens with zero attached hydrogens (tertiary/aromatic N) is 1. The van der Waals surface area contributed by atoms with Crippen molar-refractivity contribution in [2.75, 3.05) is 26.9 Å². The smallest absolute Gasteiger partial charge is 0.213 e. The molecule has 1 aromatic rings. The fourth-order valence-electron chi connectivity index (χ4n) is 1.49. The molecule has 1 heterocycles. The van der Waals surface area contributed by atoms with Crippen molar-refractivity contribution < 1.29 is 9.47 Å². The van der Waals surface area contributed by atoms with Gasteiger partial charge in [-0.2, -0.15) is 0 Å². The zero-order chi connectivity index (χ0) is 13.2. The van der Waals surface area contributed by atoms with Crippen molar-refractivity contribution in [2.24, 2.45) is 5.92 Å². The molecule has 0 bridgehead atoms. The van der Waals surface area contributed by atoms with Gasteiger partial charge in [-0.15, -0.1) is 0 Å². The Bertz CT molecular complexity index is 312. The molecule has 0 atom stereocenters. The number of aromatic nitrogens is 1. The van der Waals surface area contributed by atoms with E-state index in [-0.39, 0.29) is 0 Å². The van der Waals surface area contributed by atoms with Crippen molar-refractivity contribution in [3.8, 4) is 5.88 Å². The van der Waals surface area contributed by atoms with E-state index < -0.39 is 0 Å².